The van der Waals surface area contributed by atoms with Gasteiger partial charge in [-0.15, -0.1) is 0 Å². The molecule has 1 heterocycles. The molecule has 4 heteroatoms. The average molecular weight is 269 g/mol. The molecule has 2 aromatic rings. The molecule has 0 saturated carbocycles. The van der Waals surface area contributed by atoms with E-state index < -0.39 is 0 Å². The Morgan fingerprint density at radius 3 is 2.80 bits per heavy atom. The predicted molar refractivity (Wildman–Crippen MR) is 60.5 cm³/mol. The number of halogens is 1. The van der Waals surface area contributed by atoms with Crippen molar-refractivity contribution in [3.05, 3.63) is 28.4 Å². The molecule has 0 N–H and O–H groups in total. The highest BCUT2D eigenvalue weighted by Gasteiger charge is 2.12. The molecule has 0 aliphatic rings. The van der Waals surface area contributed by atoms with E-state index in [0.29, 0.717) is 11.3 Å². The number of hydrogen-bond donors (Lipinski definition) is 0. The minimum absolute atomic E-state index is 0.0860. The molecule has 0 fully saturated rings. The molecule has 0 amide bonds. The summed E-state index contributed by atoms with van der Waals surface area (Å²) in [4.78, 5) is 11.1. The van der Waals surface area contributed by atoms with Gasteiger partial charge in [-0.3, -0.25) is 4.79 Å². The monoisotopic (exact) mass is 268 g/mol. The lowest BCUT2D eigenvalue weighted by molar-refractivity contribution is 0.0989. The number of carbonyl (C=O) groups is 1. The maximum atomic E-state index is 11.1. The van der Waals surface area contributed by atoms with Gasteiger partial charge in [0.15, 0.2) is 11.5 Å². The van der Waals surface area contributed by atoms with Crippen LogP contribution >= 0.6 is 15.9 Å². The molecule has 1 aromatic carbocycles. The summed E-state index contributed by atoms with van der Waals surface area (Å²) in [6.07, 6.45) is 0. The van der Waals surface area contributed by atoms with Crippen LogP contribution in [0.3, 0.4) is 0 Å². The van der Waals surface area contributed by atoms with Crippen molar-refractivity contribution in [2.45, 2.75) is 6.92 Å². The van der Waals surface area contributed by atoms with Gasteiger partial charge in [-0.25, -0.2) is 0 Å². The first-order valence-corrected chi connectivity index (χ1v) is 5.19. The van der Waals surface area contributed by atoms with Crippen LogP contribution in [-0.2, 0) is 0 Å². The first-order valence-electron chi connectivity index (χ1n) is 4.40. The summed E-state index contributed by atoms with van der Waals surface area (Å²) in [5.74, 6) is 0.995. The van der Waals surface area contributed by atoms with E-state index in [1.807, 2.05) is 0 Å². The lowest BCUT2D eigenvalue weighted by Crippen LogP contribution is -1.85. The van der Waals surface area contributed by atoms with Crippen molar-refractivity contribution < 1.29 is 13.9 Å². The molecule has 3 nitrogen and oxygen atoms in total. The smallest absolute Gasteiger partial charge is 0.194 e. The van der Waals surface area contributed by atoms with Gasteiger partial charge in [0.2, 0.25) is 0 Å². The Kier molecular flexibility index (Phi) is 2.52. The van der Waals surface area contributed by atoms with E-state index in [2.05, 4.69) is 15.9 Å². The standard InChI is InChI=1S/C11H9BrO3/c1-6(13)10-5-7-8(15-10)3-4-9(14-2)11(7)12/h3-5H,1-2H3. The second kappa shape index (κ2) is 3.70. The number of benzene rings is 1. The average Bonchev–Trinajstić information content (AvgIpc) is 2.63. The number of furan rings is 1. The van der Waals surface area contributed by atoms with Crippen LogP contribution in [0.1, 0.15) is 17.5 Å². The normalized spacial score (nSPS) is 10.6. The van der Waals surface area contributed by atoms with E-state index in [1.54, 1.807) is 25.3 Å². The number of carbonyl (C=O) groups excluding carboxylic acids is 1. The first kappa shape index (κ1) is 10.2. The summed E-state index contributed by atoms with van der Waals surface area (Å²) in [5, 5.41) is 0.847. The highest BCUT2D eigenvalue weighted by Crippen LogP contribution is 2.34. The van der Waals surface area contributed by atoms with E-state index in [4.69, 9.17) is 9.15 Å². The molecule has 0 saturated heterocycles. The summed E-state index contributed by atoms with van der Waals surface area (Å²) in [7, 11) is 1.60. The number of Topliss-reactive ketones (excluding diaryl/α,β-unsaturated/α-hetero) is 1. The van der Waals surface area contributed by atoms with E-state index in [-0.39, 0.29) is 5.78 Å². The van der Waals surface area contributed by atoms with Gasteiger partial charge in [-0.2, -0.15) is 0 Å². The SMILES string of the molecule is COc1ccc2oc(C(C)=O)cc2c1Br. The van der Waals surface area contributed by atoms with Crippen LogP contribution < -0.4 is 4.74 Å². The second-order valence-corrected chi connectivity index (χ2v) is 3.95. The topological polar surface area (TPSA) is 39.4 Å². The highest BCUT2D eigenvalue weighted by molar-refractivity contribution is 9.10. The molecule has 15 heavy (non-hydrogen) atoms. The summed E-state index contributed by atoms with van der Waals surface area (Å²) in [5.41, 5.74) is 0.674. The molecule has 0 bridgehead atoms. The number of methoxy groups -OCH3 is 1. The Morgan fingerprint density at radius 2 is 2.20 bits per heavy atom. The van der Waals surface area contributed by atoms with Gasteiger partial charge < -0.3 is 9.15 Å². The van der Waals surface area contributed by atoms with Gasteiger partial charge in [0.25, 0.3) is 0 Å². The van der Waals surface area contributed by atoms with Crippen molar-refractivity contribution in [2.24, 2.45) is 0 Å². The summed E-state index contributed by atoms with van der Waals surface area (Å²) in [6.45, 7) is 1.48. The van der Waals surface area contributed by atoms with Crippen LogP contribution in [0.15, 0.2) is 27.1 Å². The Labute approximate surface area is 95.1 Å². The minimum atomic E-state index is -0.0860. The molecule has 0 unspecified atom stereocenters. The van der Waals surface area contributed by atoms with Crippen LogP contribution in [0.2, 0.25) is 0 Å². The van der Waals surface area contributed by atoms with Crippen molar-refractivity contribution in [2.75, 3.05) is 7.11 Å². The predicted octanol–water partition coefficient (Wildman–Crippen LogP) is 3.41. The fraction of sp³-hybridized carbons (Fsp3) is 0.182. The maximum Gasteiger partial charge on any atom is 0.194 e. The van der Waals surface area contributed by atoms with Crippen LogP contribution in [0.5, 0.6) is 5.75 Å². The zero-order valence-electron chi connectivity index (χ0n) is 8.33. The van der Waals surface area contributed by atoms with Crippen molar-refractivity contribution in [3.8, 4) is 5.75 Å². The van der Waals surface area contributed by atoms with Crippen LogP contribution in [-0.4, -0.2) is 12.9 Å². The molecule has 2 rings (SSSR count). The maximum absolute atomic E-state index is 11.1. The number of ketones is 1. The Hall–Kier alpha value is -1.29. The van der Waals surface area contributed by atoms with Gasteiger partial charge in [0, 0.05) is 12.3 Å². The molecule has 0 aliphatic carbocycles. The molecule has 0 spiro atoms. The van der Waals surface area contributed by atoms with Crippen LogP contribution in [0, 0.1) is 0 Å². The molecule has 0 aliphatic heterocycles. The fourth-order valence-corrected chi connectivity index (χ4v) is 1.99. The molecular formula is C11H9BrO3. The van der Waals surface area contributed by atoms with Gasteiger partial charge in [-0.1, -0.05) is 0 Å². The van der Waals surface area contributed by atoms with Gasteiger partial charge in [-0.05, 0) is 34.1 Å². The minimum Gasteiger partial charge on any atom is -0.496 e. The molecule has 0 atom stereocenters. The molecule has 1 aromatic heterocycles. The largest absolute Gasteiger partial charge is 0.496 e. The van der Waals surface area contributed by atoms with E-state index in [1.165, 1.54) is 6.92 Å². The lowest BCUT2D eigenvalue weighted by Gasteiger charge is -2.01. The third kappa shape index (κ3) is 1.65. The molecular weight excluding hydrogens is 260 g/mol. The Morgan fingerprint density at radius 1 is 1.47 bits per heavy atom. The third-order valence-electron chi connectivity index (χ3n) is 2.17. The summed E-state index contributed by atoms with van der Waals surface area (Å²) < 4.78 is 11.3. The summed E-state index contributed by atoms with van der Waals surface area (Å²) >= 11 is 3.41. The Bertz CT molecular complexity index is 528. The Balaban J connectivity index is 2.71. The van der Waals surface area contributed by atoms with Crippen molar-refractivity contribution in [1.29, 1.82) is 0 Å². The van der Waals surface area contributed by atoms with Crippen LogP contribution in [0.25, 0.3) is 11.0 Å². The second-order valence-electron chi connectivity index (χ2n) is 3.16. The van der Waals surface area contributed by atoms with Gasteiger partial charge >= 0.3 is 0 Å². The number of hydrogen-bond acceptors (Lipinski definition) is 3. The molecule has 0 radical (unpaired) electrons. The van der Waals surface area contributed by atoms with E-state index in [0.717, 1.165) is 15.6 Å². The number of rotatable bonds is 2. The van der Waals surface area contributed by atoms with Crippen LogP contribution in [0.4, 0.5) is 0 Å². The lowest BCUT2D eigenvalue weighted by atomic mass is 10.2. The summed E-state index contributed by atoms with van der Waals surface area (Å²) in [6, 6.07) is 5.29. The first-order chi connectivity index (χ1) is 7.13. The number of fused-ring (bicyclic) bond motifs is 1. The third-order valence-corrected chi connectivity index (χ3v) is 2.98. The fourth-order valence-electron chi connectivity index (χ4n) is 1.39. The van der Waals surface area contributed by atoms with Crippen molar-refractivity contribution in [3.63, 3.8) is 0 Å². The zero-order valence-corrected chi connectivity index (χ0v) is 9.92. The highest BCUT2D eigenvalue weighted by atomic mass is 79.9. The zero-order chi connectivity index (χ0) is 11.0. The van der Waals surface area contributed by atoms with E-state index in [9.17, 15) is 4.79 Å². The van der Waals surface area contributed by atoms with Gasteiger partial charge in [0.1, 0.15) is 11.3 Å². The number of ether oxygens (including phenoxy) is 1. The van der Waals surface area contributed by atoms with Crippen molar-refractivity contribution in [1.82, 2.24) is 0 Å². The van der Waals surface area contributed by atoms with E-state index >= 15 is 0 Å². The molecule has 78 valence electrons. The quantitative estimate of drug-likeness (QED) is 0.784. The van der Waals surface area contributed by atoms with Crippen molar-refractivity contribution >= 4 is 32.7 Å². The van der Waals surface area contributed by atoms with Gasteiger partial charge in [0.05, 0.1) is 11.6 Å².